The molecule has 6 heteroatoms. The van der Waals surface area contributed by atoms with Crippen molar-refractivity contribution in [3.05, 3.63) is 29.8 Å². The van der Waals surface area contributed by atoms with E-state index in [2.05, 4.69) is 5.32 Å². The number of carboxylic acids is 1. The summed E-state index contributed by atoms with van der Waals surface area (Å²) in [5.74, 6) is -0.905. The number of carboxylic acid groups (broad SMARTS) is 1. The van der Waals surface area contributed by atoms with Gasteiger partial charge in [-0.05, 0) is 45.2 Å². The minimum atomic E-state index is -1.17. The van der Waals surface area contributed by atoms with E-state index in [0.717, 1.165) is 0 Å². The lowest BCUT2D eigenvalue weighted by Crippen LogP contribution is -2.40. The van der Waals surface area contributed by atoms with Gasteiger partial charge in [-0.2, -0.15) is 0 Å². The van der Waals surface area contributed by atoms with Gasteiger partial charge in [0.25, 0.3) is 0 Å². The summed E-state index contributed by atoms with van der Waals surface area (Å²) in [6.45, 7) is 5.26. The Morgan fingerprint density at radius 3 is 2.29 bits per heavy atom. The third-order valence-corrected chi connectivity index (χ3v) is 4.15. The number of ketones is 1. The third-order valence-electron chi connectivity index (χ3n) is 4.15. The summed E-state index contributed by atoms with van der Waals surface area (Å²) in [5.41, 5.74) is -0.903. The smallest absolute Gasteiger partial charge is 0.412 e. The molecule has 1 aliphatic rings. The molecular formula is C18H23NO5. The molecule has 1 aromatic rings. The first-order chi connectivity index (χ1) is 11.1. The van der Waals surface area contributed by atoms with Gasteiger partial charge in [0, 0.05) is 18.5 Å². The van der Waals surface area contributed by atoms with Gasteiger partial charge < -0.3 is 9.84 Å². The van der Waals surface area contributed by atoms with Crippen molar-refractivity contribution < 1.29 is 24.2 Å². The fourth-order valence-electron chi connectivity index (χ4n) is 2.98. The first kappa shape index (κ1) is 18.0. The molecule has 0 saturated heterocycles. The zero-order valence-electron chi connectivity index (χ0n) is 14.2. The zero-order valence-corrected chi connectivity index (χ0v) is 14.2. The van der Waals surface area contributed by atoms with Crippen LogP contribution >= 0.6 is 0 Å². The van der Waals surface area contributed by atoms with Crippen molar-refractivity contribution in [2.75, 3.05) is 5.32 Å². The van der Waals surface area contributed by atoms with E-state index in [-0.39, 0.29) is 31.5 Å². The molecule has 24 heavy (non-hydrogen) atoms. The molecule has 1 aliphatic carbocycles. The topological polar surface area (TPSA) is 92.7 Å². The number of amides is 1. The Balaban J connectivity index is 2.34. The van der Waals surface area contributed by atoms with Crippen LogP contribution in [0.25, 0.3) is 0 Å². The molecule has 0 radical (unpaired) electrons. The Hall–Kier alpha value is -2.37. The normalized spacial score (nSPS) is 17.2. The summed E-state index contributed by atoms with van der Waals surface area (Å²) in [5, 5.41) is 12.5. The number of carbonyl (C=O) groups excluding carboxylic acids is 2. The van der Waals surface area contributed by atoms with Crippen molar-refractivity contribution >= 4 is 23.5 Å². The van der Waals surface area contributed by atoms with Crippen molar-refractivity contribution in [2.45, 2.75) is 57.5 Å². The molecule has 0 aliphatic heterocycles. The van der Waals surface area contributed by atoms with Crippen LogP contribution in [0, 0.1) is 0 Å². The number of hydrogen-bond acceptors (Lipinski definition) is 4. The first-order valence-electron chi connectivity index (χ1n) is 7.99. The highest BCUT2D eigenvalue weighted by molar-refractivity contribution is 5.92. The van der Waals surface area contributed by atoms with Crippen LogP contribution in [0.4, 0.5) is 10.5 Å². The predicted molar refractivity (Wildman–Crippen MR) is 89.1 cm³/mol. The van der Waals surface area contributed by atoms with Gasteiger partial charge in [-0.25, -0.2) is 4.79 Å². The second kappa shape index (κ2) is 6.63. The second-order valence-corrected chi connectivity index (χ2v) is 7.10. The highest BCUT2D eigenvalue weighted by Crippen LogP contribution is 2.42. The van der Waals surface area contributed by atoms with E-state index < -0.39 is 23.1 Å². The van der Waals surface area contributed by atoms with Gasteiger partial charge >= 0.3 is 12.1 Å². The molecular weight excluding hydrogens is 310 g/mol. The van der Waals surface area contributed by atoms with Crippen molar-refractivity contribution in [2.24, 2.45) is 0 Å². The van der Waals surface area contributed by atoms with Crippen molar-refractivity contribution in [3.8, 4) is 0 Å². The molecule has 1 fully saturated rings. The average molecular weight is 333 g/mol. The monoisotopic (exact) mass is 333 g/mol. The molecule has 0 spiro atoms. The SMILES string of the molecule is CC(C)(C)OC(=O)Nc1ccccc1C1(C(=O)O)CCC(=O)CC1. The molecule has 1 saturated carbocycles. The number of benzene rings is 1. The van der Waals surface area contributed by atoms with Gasteiger partial charge in [-0.3, -0.25) is 14.9 Å². The van der Waals surface area contributed by atoms with Gasteiger partial charge in [-0.15, -0.1) is 0 Å². The molecule has 0 unspecified atom stereocenters. The second-order valence-electron chi connectivity index (χ2n) is 7.10. The Labute approximate surface area is 141 Å². The van der Waals surface area contributed by atoms with E-state index in [4.69, 9.17) is 4.74 Å². The minimum Gasteiger partial charge on any atom is -0.481 e. The van der Waals surface area contributed by atoms with Crippen molar-refractivity contribution in [3.63, 3.8) is 0 Å². The Morgan fingerprint density at radius 1 is 1.17 bits per heavy atom. The van der Waals surface area contributed by atoms with E-state index in [1.54, 1.807) is 45.0 Å². The van der Waals surface area contributed by atoms with Gasteiger partial charge in [0.2, 0.25) is 0 Å². The average Bonchev–Trinajstić information content (AvgIpc) is 2.47. The number of ether oxygens (including phenoxy) is 1. The number of Topliss-reactive ketones (excluding diaryl/α,β-unsaturated/α-hetero) is 1. The van der Waals surface area contributed by atoms with E-state index >= 15 is 0 Å². The quantitative estimate of drug-likeness (QED) is 0.883. The molecule has 2 N–H and O–H groups in total. The molecule has 0 atom stereocenters. The lowest BCUT2D eigenvalue weighted by molar-refractivity contribution is -0.146. The molecule has 1 amide bonds. The molecule has 0 heterocycles. The minimum absolute atomic E-state index is 0.0736. The summed E-state index contributed by atoms with van der Waals surface area (Å²) in [6.07, 6.45) is 0.282. The van der Waals surface area contributed by atoms with E-state index in [9.17, 15) is 19.5 Å². The maximum absolute atomic E-state index is 12.1. The van der Waals surface area contributed by atoms with E-state index in [1.807, 2.05) is 0 Å². The Kier molecular flexibility index (Phi) is 4.96. The maximum atomic E-state index is 12.1. The largest absolute Gasteiger partial charge is 0.481 e. The van der Waals surface area contributed by atoms with Gasteiger partial charge in [0.1, 0.15) is 11.4 Å². The van der Waals surface area contributed by atoms with Gasteiger partial charge in [-0.1, -0.05) is 18.2 Å². The lowest BCUT2D eigenvalue weighted by atomic mass is 9.68. The van der Waals surface area contributed by atoms with Gasteiger partial charge in [0.05, 0.1) is 5.41 Å². The lowest BCUT2D eigenvalue weighted by Gasteiger charge is -2.34. The molecule has 2 rings (SSSR count). The molecule has 130 valence electrons. The van der Waals surface area contributed by atoms with Crippen LogP contribution in [0.5, 0.6) is 0 Å². The number of carbonyl (C=O) groups is 3. The summed E-state index contributed by atoms with van der Waals surface area (Å²) < 4.78 is 5.24. The van der Waals surface area contributed by atoms with Crippen molar-refractivity contribution in [1.82, 2.24) is 0 Å². The molecule has 6 nitrogen and oxygen atoms in total. The number of aliphatic carboxylic acids is 1. The molecule has 0 aromatic heterocycles. The summed E-state index contributed by atoms with van der Waals surface area (Å²) in [6, 6.07) is 6.80. The predicted octanol–water partition coefficient (Wildman–Crippen LogP) is 3.50. The fourth-order valence-corrected chi connectivity index (χ4v) is 2.98. The summed E-state index contributed by atoms with van der Waals surface area (Å²) in [4.78, 5) is 35.6. The van der Waals surface area contributed by atoms with Crippen LogP contribution in [0.3, 0.4) is 0 Å². The number of para-hydroxylation sites is 1. The van der Waals surface area contributed by atoms with Crippen LogP contribution in [0.1, 0.15) is 52.0 Å². The summed E-state index contributed by atoms with van der Waals surface area (Å²) >= 11 is 0. The van der Waals surface area contributed by atoms with Gasteiger partial charge in [0.15, 0.2) is 0 Å². The maximum Gasteiger partial charge on any atom is 0.412 e. The van der Waals surface area contributed by atoms with E-state index in [1.165, 1.54) is 0 Å². The number of hydrogen-bond donors (Lipinski definition) is 2. The molecule has 0 bridgehead atoms. The van der Waals surface area contributed by atoms with Crippen LogP contribution in [0.15, 0.2) is 24.3 Å². The fraction of sp³-hybridized carbons (Fsp3) is 0.500. The number of rotatable bonds is 3. The van der Waals surface area contributed by atoms with Crippen LogP contribution in [-0.4, -0.2) is 28.6 Å². The highest BCUT2D eigenvalue weighted by Gasteiger charge is 2.44. The first-order valence-corrected chi connectivity index (χ1v) is 7.99. The third kappa shape index (κ3) is 3.93. The highest BCUT2D eigenvalue weighted by atomic mass is 16.6. The van der Waals surface area contributed by atoms with Crippen LogP contribution in [-0.2, 0) is 19.7 Å². The Bertz CT molecular complexity index is 650. The molecule has 1 aromatic carbocycles. The van der Waals surface area contributed by atoms with Crippen molar-refractivity contribution in [1.29, 1.82) is 0 Å². The summed E-state index contributed by atoms with van der Waals surface area (Å²) in [7, 11) is 0. The van der Waals surface area contributed by atoms with Crippen LogP contribution in [0.2, 0.25) is 0 Å². The Morgan fingerprint density at radius 2 is 1.75 bits per heavy atom. The van der Waals surface area contributed by atoms with E-state index in [0.29, 0.717) is 11.3 Å². The zero-order chi connectivity index (χ0) is 18.0. The van der Waals surface area contributed by atoms with Crippen LogP contribution < -0.4 is 5.32 Å². The standard InChI is InChI=1S/C18H23NO5/c1-17(2,3)24-16(23)19-14-7-5-4-6-13(14)18(15(21)22)10-8-12(20)9-11-18/h4-7H,8-11H2,1-3H3,(H,19,23)(H,21,22). The number of anilines is 1. The number of nitrogens with one attached hydrogen (secondary N) is 1.